The number of hydrogen-bond donors (Lipinski definition) is 3. The molecule has 1 aromatic carbocycles. The molecule has 0 radical (unpaired) electrons. The topological polar surface area (TPSA) is 117 Å². The highest BCUT2D eigenvalue weighted by Gasteiger charge is 2.28. The van der Waals surface area contributed by atoms with Crippen molar-refractivity contribution in [3.05, 3.63) is 54.4 Å². The number of amides is 3. The predicted octanol–water partition coefficient (Wildman–Crippen LogP) is 1.64. The number of pyridine rings is 1. The Morgan fingerprint density at radius 2 is 1.81 bits per heavy atom. The maximum absolute atomic E-state index is 12.3. The van der Waals surface area contributed by atoms with Crippen LogP contribution in [0.25, 0.3) is 0 Å². The standard InChI is InChI=1S/C17H18N4O4S/c22-16(19-13-4-7-18-8-5-13)12-2-1-3-14(10-12)20-17(23)21-15-6-9-26(24,25)11-15/h1-5,7-8,10,15H,6,9,11H2,(H,18,19,22)(H2,20,21,23). The molecule has 1 unspecified atom stereocenters. The van der Waals surface area contributed by atoms with Crippen molar-refractivity contribution in [1.82, 2.24) is 10.3 Å². The van der Waals surface area contributed by atoms with Gasteiger partial charge in [-0.2, -0.15) is 0 Å². The third-order valence-corrected chi connectivity index (χ3v) is 5.66. The van der Waals surface area contributed by atoms with Gasteiger partial charge in [0, 0.05) is 35.4 Å². The molecule has 26 heavy (non-hydrogen) atoms. The zero-order chi connectivity index (χ0) is 18.6. The van der Waals surface area contributed by atoms with Gasteiger partial charge in [-0.05, 0) is 36.8 Å². The summed E-state index contributed by atoms with van der Waals surface area (Å²) in [6.07, 6.45) is 3.55. The number of anilines is 2. The molecular weight excluding hydrogens is 356 g/mol. The summed E-state index contributed by atoms with van der Waals surface area (Å²) < 4.78 is 22.9. The fourth-order valence-corrected chi connectivity index (χ4v) is 4.31. The normalized spacial score (nSPS) is 18.1. The van der Waals surface area contributed by atoms with Crippen molar-refractivity contribution in [2.45, 2.75) is 12.5 Å². The Bertz CT molecular complexity index is 915. The Hall–Kier alpha value is -2.94. The van der Waals surface area contributed by atoms with E-state index in [1.54, 1.807) is 48.8 Å². The molecule has 1 fully saturated rings. The van der Waals surface area contributed by atoms with E-state index in [4.69, 9.17) is 0 Å². The Morgan fingerprint density at radius 3 is 2.50 bits per heavy atom. The van der Waals surface area contributed by atoms with E-state index in [9.17, 15) is 18.0 Å². The fraction of sp³-hybridized carbons (Fsp3) is 0.235. The SMILES string of the molecule is O=C(Nc1cccc(C(=O)Nc2ccncc2)c1)NC1CCS(=O)(=O)C1. The molecule has 1 atom stereocenters. The molecule has 1 saturated heterocycles. The van der Waals surface area contributed by atoms with E-state index in [1.807, 2.05) is 0 Å². The van der Waals surface area contributed by atoms with Gasteiger partial charge in [0.05, 0.1) is 11.5 Å². The third kappa shape index (κ3) is 4.79. The molecule has 136 valence electrons. The van der Waals surface area contributed by atoms with Gasteiger partial charge in [-0.3, -0.25) is 9.78 Å². The first-order chi connectivity index (χ1) is 12.4. The average Bonchev–Trinajstić information content (AvgIpc) is 2.94. The van der Waals surface area contributed by atoms with Crippen LogP contribution in [0, 0.1) is 0 Å². The van der Waals surface area contributed by atoms with Gasteiger partial charge in [-0.1, -0.05) is 6.07 Å². The maximum Gasteiger partial charge on any atom is 0.319 e. The van der Waals surface area contributed by atoms with Crippen molar-refractivity contribution in [1.29, 1.82) is 0 Å². The van der Waals surface area contributed by atoms with E-state index in [1.165, 1.54) is 0 Å². The number of hydrogen-bond acceptors (Lipinski definition) is 5. The first-order valence-corrected chi connectivity index (χ1v) is 9.83. The molecule has 3 rings (SSSR count). The molecule has 1 aliphatic rings. The van der Waals surface area contributed by atoms with E-state index in [0.717, 1.165) is 0 Å². The molecule has 9 heteroatoms. The van der Waals surface area contributed by atoms with E-state index >= 15 is 0 Å². The smallest absolute Gasteiger partial charge is 0.319 e. The minimum absolute atomic E-state index is 0.0468. The summed E-state index contributed by atoms with van der Waals surface area (Å²) in [5.74, 6) is -0.278. The maximum atomic E-state index is 12.3. The summed E-state index contributed by atoms with van der Waals surface area (Å²) in [4.78, 5) is 28.2. The lowest BCUT2D eigenvalue weighted by Gasteiger charge is -2.12. The molecule has 0 aliphatic carbocycles. The Kier molecular flexibility index (Phi) is 5.17. The number of aromatic nitrogens is 1. The fourth-order valence-electron chi connectivity index (χ4n) is 2.64. The quantitative estimate of drug-likeness (QED) is 0.752. The van der Waals surface area contributed by atoms with Gasteiger partial charge in [0.2, 0.25) is 0 Å². The van der Waals surface area contributed by atoms with Gasteiger partial charge < -0.3 is 16.0 Å². The van der Waals surface area contributed by atoms with Crippen LogP contribution in [0.4, 0.5) is 16.2 Å². The van der Waals surface area contributed by atoms with E-state index in [-0.39, 0.29) is 17.4 Å². The molecule has 3 N–H and O–H groups in total. The lowest BCUT2D eigenvalue weighted by atomic mass is 10.2. The van der Waals surface area contributed by atoms with Crippen molar-refractivity contribution in [3.63, 3.8) is 0 Å². The first-order valence-electron chi connectivity index (χ1n) is 8.01. The third-order valence-electron chi connectivity index (χ3n) is 3.89. The van der Waals surface area contributed by atoms with Crippen molar-refractivity contribution < 1.29 is 18.0 Å². The molecule has 8 nitrogen and oxygen atoms in total. The van der Waals surface area contributed by atoms with Crippen LogP contribution in [0.1, 0.15) is 16.8 Å². The lowest BCUT2D eigenvalue weighted by Crippen LogP contribution is -2.38. The van der Waals surface area contributed by atoms with Gasteiger partial charge in [0.15, 0.2) is 9.84 Å². The number of rotatable bonds is 4. The van der Waals surface area contributed by atoms with E-state index in [2.05, 4.69) is 20.9 Å². The van der Waals surface area contributed by atoms with Crippen LogP contribution < -0.4 is 16.0 Å². The van der Waals surface area contributed by atoms with Crippen LogP contribution in [0.2, 0.25) is 0 Å². The van der Waals surface area contributed by atoms with Crippen LogP contribution in [-0.4, -0.2) is 42.9 Å². The zero-order valence-corrected chi connectivity index (χ0v) is 14.6. The second kappa shape index (κ2) is 7.52. The van der Waals surface area contributed by atoms with Crippen molar-refractivity contribution in [2.75, 3.05) is 22.1 Å². The second-order valence-electron chi connectivity index (χ2n) is 5.97. The molecule has 3 amide bonds. The van der Waals surface area contributed by atoms with Crippen LogP contribution in [0.15, 0.2) is 48.8 Å². The number of carbonyl (C=O) groups is 2. The van der Waals surface area contributed by atoms with Gasteiger partial charge in [0.1, 0.15) is 0 Å². The minimum Gasteiger partial charge on any atom is -0.334 e. The molecule has 2 aromatic rings. The second-order valence-corrected chi connectivity index (χ2v) is 8.20. The highest BCUT2D eigenvalue weighted by molar-refractivity contribution is 7.91. The molecule has 2 heterocycles. The zero-order valence-electron chi connectivity index (χ0n) is 13.8. The van der Waals surface area contributed by atoms with E-state index < -0.39 is 21.9 Å². The number of nitrogens with zero attached hydrogens (tertiary/aromatic N) is 1. The van der Waals surface area contributed by atoms with Crippen LogP contribution >= 0.6 is 0 Å². The summed E-state index contributed by atoms with van der Waals surface area (Å²) in [6, 6.07) is 8.92. The van der Waals surface area contributed by atoms with Gasteiger partial charge >= 0.3 is 6.03 Å². The summed E-state index contributed by atoms with van der Waals surface area (Å²) in [6.45, 7) is 0. The Morgan fingerprint density at radius 1 is 1.04 bits per heavy atom. The van der Waals surface area contributed by atoms with Crippen LogP contribution in [0.3, 0.4) is 0 Å². The highest BCUT2D eigenvalue weighted by atomic mass is 32.2. The monoisotopic (exact) mass is 374 g/mol. The molecule has 0 saturated carbocycles. The van der Waals surface area contributed by atoms with Gasteiger partial charge in [0.25, 0.3) is 5.91 Å². The molecular formula is C17H18N4O4S. The van der Waals surface area contributed by atoms with Crippen molar-refractivity contribution in [3.8, 4) is 0 Å². The van der Waals surface area contributed by atoms with Crippen molar-refractivity contribution in [2.24, 2.45) is 0 Å². The first kappa shape index (κ1) is 17.9. The van der Waals surface area contributed by atoms with Gasteiger partial charge in [-0.15, -0.1) is 0 Å². The van der Waals surface area contributed by atoms with Crippen LogP contribution in [-0.2, 0) is 9.84 Å². The minimum atomic E-state index is -3.06. The molecule has 1 aliphatic heterocycles. The van der Waals surface area contributed by atoms with Crippen LogP contribution in [0.5, 0.6) is 0 Å². The molecule has 0 bridgehead atoms. The van der Waals surface area contributed by atoms with E-state index in [0.29, 0.717) is 23.4 Å². The Balaban J connectivity index is 1.60. The summed E-state index contributed by atoms with van der Waals surface area (Å²) in [7, 11) is -3.06. The highest BCUT2D eigenvalue weighted by Crippen LogP contribution is 2.14. The molecule has 1 aromatic heterocycles. The summed E-state index contributed by atoms with van der Waals surface area (Å²) >= 11 is 0. The summed E-state index contributed by atoms with van der Waals surface area (Å²) in [5.41, 5.74) is 1.43. The number of nitrogens with one attached hydrogen (secondary N) is 3. The largest absolute Gasteiger partial charge is 0.334 e. The summed E-state index contributed by atoms with van der Waals surface area (Å²) in [5, 5.41) is 7.99. The number of urea groups is 1. The van der Waals surface area contributed by atoms with Gasteiger partial charge in [-0.25, -0.2) is 13.2 Å². The number of carbonyl (C=O) groups excluding carboxylic acids is 2. The average molecular weight is 374 g/mol. The predicted molar refractivity (Wildman–Crippen MR) is 97.8 cm³/mol. The molecule has 0 spiro atoms. The Labute approximate surface area is 150 Å². The number of sulfone groups is 1. The lowest BCUT2D eigenvalue weighted by molar-refractivity contribution is 0.102. The number of benzene rings is 1. The van der Waals surface area contributed by atoms with Crippen molar-refractivity contribution >= 4 is 33.2 Å².